The summed E-state index contributed by atoms with van der Waals surface area (Å²) in [4.78, 5) is 21.3. The molecule has 0 bridgehead atoms. The molecule has 0 saturated carbocycles. The Bertz CT molecular complexity index is 1240. The van der Waals surface area contributed by atoms with Crippen molar-refractivity contribution >= 4 is 33.7 Å². The minimum atomic E-state index is -0.267. The average Bonchev–Trinajstić information content (AvgIpc) is 3.15. The van der Waals surface area contributed by atoms with Crippen LogP contribution in [0.1, 0.15) is 62.4 Å². The Hall–Kier alpha value is -3.41. The smallest absolute Gasteiger partial charge is 0.224 e. The van der Waals surface area contributed by atoms with E-state index in [9.17, 15) is 4.79 Å². The van der Waals surface area contributed by atoms with Gasteiger partial charge in [-0.25, -0.2) is 9.97 Å². The lowest BCUT2D eigenvalue weighted by atomic mass is 9.93. The van der Waals surface area contributed by atoms with E-state index in [1.54, 1.807) is 0 Å². The van der Waals surface area contributed by atoms with Crippen LogP contribution in [-0.2, 0) is 17.8 Å². The van der Waals surface area contributed by atoms with E-state index in [2.05, 4.69) is 41.6 Å². The van der Waals surface area contributed by atoms with Gasteiger partial charge in [-0.2, -0.15) is 0 Å². The number of aromatic nitrogens is 3. The van der Waals surface area contributed by atoms with E-state index in [-0.39, 0.29) is 11.8 Å². The topological polar surface area (TPSA) is 99.8 Å². The number of nitrogens with zero attached hydrogens (tertiary/aromatic N) is 3. The predicted octanol–water partition coefficient (Wildman–Crippen LogP) is 4.93. The summed E-state index contributed by atoms with van der Waals surface area (Å²) in [5.41, 5.74) is 16.7. The van der Waals surface area contributed by atoms with E-state index in [0.717, 1.165) is 71.0 Å². The van der Waals surface area contributed by atoms with Crippen molar-refractivity contribution in [1.82, 2.24) is 14.5 Å². The number of primary amides is 1. The summed E-state index contributed by atoms with van der Waals surface area (Å²) >= 11 is 0. The number of fused-ring (bicyclic) bond motifs is 3. The van der Waals surface area contributed by atoms with E-state index >= 15 is 0 Å². The molecular formula is C26H31N5O. The molecule has 0 spiro atoms. The summed E-state index contributed by atoms with van der Waals surface area (Å²) in [6.07, 6.45) is 4.72. The van der Waals surface area contributed by atoms with Gasteiger partial charge in [-0.3, -0.25) is 4.79 Å². The number of hydrogen-bond donors (Lipinski definition) is 2. The number of pyridine rings is 1. The van der Waals surface area contributed by atoms with Crippen LogP contribution in [0.25, 0.3) is 21.9 Å². The third-order valence-corrected chi connectivity index (χ3v) is 6.09. The van der Waals surface area contributed by atoms with Crippen molar-refractivity contribution in [3.8, 4) is 0 Å². The molecule has 2 aromatic carbocycles. The second-order valence-corrected chi connectivity index (χ2v) is 8.41. The number of anilines is 1. The molecule has 1 unspecified atom stereocenters. The summed E-state index contributed by atoms with van der Waals surface area (Å²) in [5.74, 6) is 0.987. The molecule has 4 rings (SSSR count). The van der Waals surface area contributed by atoms with Crippen molar-refractivity contribution in [3.05, 3.63) is 65.5 Å². The van der Waals surface area contributed by atoms with Gasteiger partial charge in [0.25, 0.3) is 0 Å². The lowest BCUT2D eigenvalue weighted by molar-refractivity contribution is -0.119. The fourth-order valence-electron chi connectivity index (χ4n) is 4.40. The Morgan fingerprint density at radius 3 is 2.47 bits per heavy atom. The van der Waals surface area contributed by atoms with Crippen LogP contribution in [0.5, 0.6) is 0 Å². The fourth-order valence-corrected chi connectivity index (χ4v) is 4.40. The largest absolute Gasteiger partial charge is 0.382 e. The van der Waals surface area contributed by atoms with Crippen LogP contribution in [0, 0.1) is 0 Å². The number of imidazole rings is 1. The van der Waals surface area contributed by atoms with E-state index in [0.29, 0.717) is 12.4 Å². The first kappa shape index (κ1) is 21.8. The molecular weight excluding hydrogens is 398 g/mol. The molecule has 0 aliphatic carbocycles. The Kier molecular flexibility index (Phi) is 6.40. The second kappa shape index (κ2) is 9.39. The van der Waals surface area contributed by atoms with Crippen molar-refractivity contribution in [3.63, 3.8) is 0 Å². The van der Waals surface area contributed by atoms with Gasteiger partial charge in [-0.05, 0) is 30.0 Å². The van der Waals surface area contributed by atoms with Crippen LogP contribution in [0.4, 0.5) is 5.82 Å². The van der Waals surface area contributed by atoms with Gasteiger partial charge in [-0.15, -0.1) is 0 Å². The molecule has 1 amide bonds. The minimum Gasteiger partial charge on any atom is -0.382 e. The molecule has 1 atom stereocenters. The predicted molar refractivity (Wildman–Crippen MR) is 130 cm³/mol. The number of aryl methyl sites for hydroxylation is 1. The van der Waals surface area contributed by atoms with Crippen molar-refractivity contribution in [2.45, 2.75) is 58.4 Å². The molecule has 0 radical (unpaired) electrons. The van der Waals surface area contributed by atoms with Crippen LogP contribution >= 0.6 is 0 Å². The van der Waals surface area contributed by atoms with Gasteiger partial charge < -0.3 is 16.0 Å². The number of para-hydroxylation sites is 1. The van der Waals surface area contributed by atoms with Gasteiger partial charge in [0.05, 0.1) is 17.0 Å². The SMILES string of the molecule is CCCCc1nc2c(N)nc3ccccc3c2n1Cc1ccc(C(CCC)C(N)=O)cc1. The number of carbonyl (C=O) groups excluding carboxylic acids is 1. The summed E-state index contributed by atoms with van der Waals surface area (Å²) < 4.78 is 2.28. The number of benzene rings is 2. The number of hydrogen-bond acceptors (Lipinski definition) is 4. The van der Waals surface area contributed by atoms with Gasteiger partial charge in [0.2, 0.25) is 5.91 Å². The van der Waals surface area contributed by atoms with Crippen molar-refractivity contribution in [2.24, 2.45) is 5.73 Å². The Labute approximate surface area is 188 Å². The highest BCUT2D eigenvalue weighted by Gasteiger charge is 2.19. The molecule has 0 fully saturated rings. The second-order valence-electron chi connectivity index (χ2n) is 8.41. The highest BCUT2D eigenvalue weighted by atomic mass is 16.1. The standard InChI is InChI=1S/C26H31N5O/c1-3-5-11-22-30-23-24(20-9-6-7-10-21(20)29-25(23)27)31(22)16-17-12-14-18(15-13-17)19(8-4-2)26(28)32/h6-7,9-10,12-15,19H,3-5,8,11,16H2,1-2H3,(H2,27,29)(H2,28,32). The maximum Gasteiger partial charge on any atom is 0.224 e. The molecule has 6 heteroatoms. The molecule has 166 valence electrons. The van der Waals surface area contributed by atoms with E-state index in [4.69, 9.17) is 16.5 Å². The summed E-state index contributed by atoms with van der Waals surface area (Å²) in [6, 6.07) is 16.3. The molecule has 32 heavy (non-hydrogen) atoms. The van der Waals surface area contributed by atoms with Gasteiger partial charge >= 0.3 is 0 Å². The monoisotopic (exact) mass is 429 g/mol. The quantitative estimate of drug-likeness (QED) is 0.394. The molecule has 2 aromatic heterocycles. The number of amides is 1. The molecule has 0 saturated heterocycles. The van der Waals surface area contributed by atoms with Crippen LogP contribution in [0.2, 0.25) is 0 Å². The molecule has 0 aliphatic rings. The molecule has 0 aliphatic heterocycles. The molecule has 4 N–H and O–H groups in total. The van der Waals surface area contributed by atoms with Gasteiger partial charge in [0, 0.05) is 18.4 Å². The van der Waals surface area contributed by atoms with Gasteiger partial charge in [-0.1, -0.05) is 69.2 Å². The lowest BCUT2D eigenvalue weighted by Gasteiger charge is -2.15. The highest BCUT2D eigenvalue weighted by Crippen LogP contribution is 2.30. The van der Waals surface area contributed by atoms with Gasteiger partial charge in [0.15, 0.2) is 5.82 Å². The zero-order valence-corrected chi connectivity index (χ0v) is 18.8. The Morgan fingerprint density at radius 1 is 1.03 bits per heavy atom. The van der Waals surface area contributed by atoms with Crippen molar-refractivity contribution in [2.75, 3.05) is 5.73 Å². The lowest BCUT2D eigenvalue weighted by Crippen LogP contribution is -2.21. The average molecular weight is 430 g/mol. The number of carbonyl (C=O) groups is 1. The fraction of sp³-hybridized carbons (Fsp3) is 0.346. The number of nitrogens with two attached hydrogens (primary N) is 2. The summed E-state index contributed by atoms with van der Waals surface area (Å²) in [7, 11) is 0. The van der Waals surface area contributed by atoms with Crippen LogP contribution in [0.3, 0.4) is 0 Å². The van der Waals surface area contributed by atoms with Gasteiger partial charge in [0.1, 0.15) is 11.3 Å². The minimum absolute atomic E-state index is 0.238. The van der Waals surface area contributed by atoms with E-state index in [1.807, 2.05) is 30.3 Å². The first-order valence-electron chi connectivity index (χ1n) is 11.4. The number of rotatable bonds is 9. The highest BCUT2D eigenvalue weighted by molar-refractivity contribution is 6.06. The Balaban J connectivity index is 1.78. The van der Waals surface area contributed by atoms with Crippen LogP contribution < -0.4 is 11.5 Å². The summed E-state index contributed by atoms with van der Waals surface area (Å²) in [6.45, 7) is 4.93. The first-order valence-corrected chi connectivity index (χ1v) is 11.4. The molecule has 6 nitrogen and oxygen atoms in total. The maximum atomic E-state index is 11.9. The number of nitrogen functional groups attached to an aromatic ring is 1. The Morgan fingerprint density at radius 2 is 1.78 bits per heavy atom. The van der Waals surface area contributed by atoms with Crippen LogP contribution in [-0.4, -0.2) is 20.4 Å². The summed E-state index contributed by atoms with van der Waals surface area (Å²) in [5, 5.41) is 1.06. The molecule has 4 aromatic rings. The molecule has 2 heterocycles. The van der Waals surface area contributed by atoms with E-state index in [1.165, 1.54) is 0 Å². The van der Waals surface area contributed by atoms with Crippen molar-refractivity contribution < 1.29 is 4.79 Å². The third-order valence-electron chi connectivity index (χ3n) is 6.09. The van der Waals surface area contributed by atoms with Crippen molar-refractivity contribution in [1.29, 1.82) is 0 Å². The normalized spacial score (nSPS) is 12.4. The zero-order valence-electron chi connectivity index (χ0n) is 18.8. The number of unbranched alkanes of at least 4 members (excludes halogenated alkanes) is 1. The van der Waals surface area contributed by atoms with E-state index < -0.39 is 0 Å². The zero-order chi connectivity index (χ0) is 22.7. The first-order chi connectivity index (χ1) is 15.5. The van der Waals surface area contributed by atoms with Crippen LogP contribution in [0.15, 0.2) is 48.5 Å². The maximum absolute atomic E-state index is 11.9. The third kappa shape index (κ3) is 4.17.